The van der Waals surface area contributed by atoms with Crippen LogP contribution in [0.3, 0.4) is 0 Å². The van der Waals surface area contributed by atoms with E-state index >= 15 is 0 Å². The molecule has 1 aliphatic heterocycles. The second-order valence-corrected chi connectivity index (χ2v) is 13.5. The number of alkyl halides is 2. The third kappa shape index (κ3) is 7.08. The summed E-state index contributed by atoms with van der Waals surface area (Å²) in [4.78, 5) is 40.1. The lowest BCUT2D eigenvalue weighted by atomic mass is 9.81. The monoisotopic (exact) mass is 597 g/mol. The molecule has 1 heterocycles. The molecule has 2 aromatic carbocycles. The first-order chi connectivity index (χ1) is 18.5. The van der Waals surface area contributed by atoms with Gasteiger partial charge in [-0.25, -0.2) is 22.0 Å². The third-order valence-electron chi connectivity index (χ3n) is 6.47. The van der Waals surface area contributed by atoms with Gasteiger partial charge in [-0.2, -0.15) is 0 Å². The molecule has 4 rings (SSSR count). The molecule has 2 N–H and O–H groups in total. The van der Waals surface area contributed by atoms with Crippen LogP contribution in [0.5, 0.6) is 0 Å². The second kappa shape index (κ2) is 11.0. The van der Waals surface area contributed by atoms with Gasteiger partial charge < -0.3 is 20.3 Å². The average Bonchev–Trinajstić information content (AvgIpc) is 2.89. The Balaban J connectivity index is 1.67. The average molecular weight is 598 g/mol. The molecule has 9 nitrogen and oxygen atoms in total. The molecular weight excluding hydrogens is 568 g/mol. The van der Waals surface area contributed by atoms with Crippen molar-refractivity contribution in [2.24, 2.45) is 5.92 Å². The molecule has 0 radical (unpaired) electrons. The smallest absolute Gasteiger partial charge is 0.408 e. The Hall–Kier alpha value is -3.25. The summed E-state index contributed by atoms with van der Waals surface area (Å²) in [6.07, 6.45) is -1.59. The van der Waals surface area contributed by atoms with E-state index in [2.05, 4.69) is 10.6 Å². The molecule has 13 heteroatoms. The Labute approximate surface area is 236 Å². The second-order valence-electron chi connectivity index (χ2n) is 11.1. The quantitative estimate of drug-likeness (QED) is 0.511. The number of nitrogens with one attached hydrogen (secondary N) is 2. The van der Waals surface area contributed by atoms with Crippen molar-refractivity contribution in [3.63, 3.8) is 0 Å². The van der Waals surface area contributed by atoms with Gasteiger partial charge in [0.05, 0.1) is 22.9 Å². The first-order valence-electron chi connectivity index (χ1n) is 12.6. The first-order valence-corrected chi connectivity index (χ1v) is 14.6. The highest BCUT2D eigenvalue weighted by Crippen LogP contribution is 2.42. The zero-order valence-corrected chi connectivity index (χ0v) is 23.7. The van der Waals surface area contributed by atoms with Crippen LogP contribution in [0.1, 0.15) is 49.5 Å². The topological polar surface area (TPSA) is 122 Å². The number of ether oxygens (including phenoxy) is 1. The number of rotatable bonds is 6. The molecule has 2 aromatic rings. The molecule has 0 aromatic heterocycles. The van der Waals surface area contributed by atoms with E-state index in [1.807, 2.05) is 0 Å². The first kappa shape index (κ1) is 29.7. The number of carbonyl (C=O) groups excluding carboxylic acids is 3. The van der Waals surface area contributed by atoms with Crippen LogP contribution in [0.25, 0.3) is 0 Å². The van der Waals surface area contributed by atoms with Gasteiger partial charge in [0.15, 0.2) is 9.84 Å². The number of benzene rings is 2. The lowest BCUT2D eigenvalue weighted by molar-refractivity contribution is -0.120. The molecule has 0 bridgehead atoms. The van der Waals surface area contributed by atoms with Crippen LogP contribution >= 0.6 is 11.6 Å². The summed E-state index contributed by atoms with van der Waals surface area (Å²) >= 11 is 5.99. The summed E-state index contributed by atoms with van der Waals surface area (Å²) in [5.41, 5.74) is -0.274. The maximum absolute atomic E-state index is 13.8. The van der Waals surface area contributed by atoms with Crippen LogP contribution in [0.15, 0.2) is 47.4 Å². The summed E-state index contributed by atoms with van der Waals surface area (Å²) in [5, 5.41) is 5.44. The zero-order chi connectivity index (χ0) is 29.5. The minimum atomic E-state index is -4.13. The number of alkyl carbamates (subject to hydrolysis) is 1. The maximum atomic E-state index is 13.8. The Kier molecular flexibility index (Phi) is 8.15. The van der Waals surface area contributed by atoms with E-state index in [9.17, 15) is 31.6 Å². The van der Waals surface area contributed by atoms with Crippen LogP contribution in [0.4, 0.5) is 19.3 Å². The molecule has 1 fully saturated rings. The van der Waals surface area contributed by atoms with E-state index in [1.165, 1.54) is 23.1 Å². The predicted molar refractivity (Wildman–Crippen MR) is 144 cm³/mol. The van der Waals surface area contributed by atoms with Gasteiger partial charge in [-0.15, -0.1) is 0 Å². The van der Waals surface area contributed by atoms with Crippen molar-refractivity contribution >= 4 is 45.0 Å². The predicted octanol–water partition coefficient (Wildman–Crippen LogP) is 4.33. The van der Waals surface area contributed by atoms with E-state index in [1.54, 1.807) is 45.0 Å². The molecule has 0 spiro atoms. The SMILES string of the molecule is CC(C)(C)OC(=O)N[C@H]1CS(=O)(=O)c2ccc(C(=O)NCC3CC(F)(F)C3)cc2N(Cc2ccc(Cl)cc2)C1=O. The fraction of sp³-hybridized carbons (Fsp3) is 0.444. The summed E-state index contributed by atoms with van der Waals surface area (Å²) < 4.78 is 58.4. The number of anilines is 1. The number of hydrogen-bond donors (Lipinski definition) is 2. The highest BCUT2D eigenvalue weighted by molar-refractivity contribution is 7.91. The summed E-state index contributed by atoms with van der Waals surface area (Å²) in [6, 6.07) is 8.88. The number of sulfone groups is 1. The van der Waals surface area contributed by atoms with E-state index in [-0.39, 0.29) is 48.0 Å². The maximum Gasteiger partial charge on any atom is 0.408 e. The molecule has 40 heavy (non-hydrogen) atoms. The van der Waals surface area contributed by atoms with Gasteiger partial charge in [0.2, 0.25) is 5.92 Å². The number of halogens is 3. The fourth-order valence-corrected chi connectivity index (χ4v) is 6.31. The van der Waals surface area contributed by atoms with Crippen LogP contribution in [-0.4, -0.2) is 56.2 Å². The number of fused-ring (bicyclic) bond motifs is 1. The standard InChI is InChI=1S/C27H30ClF2N3O6S/c1-26(2,3)39-25(36)32-20-15-40(37,38)22-9-6-18(23(34)31-13-17-11-27(29,30)12-17)10-21(22)33(24(20)35)14-16-4-7-19(28)8-5-16/h4-10,17,20H,11-15H2,1-3H3,(H,31,34)(H,32,36)/t20-/m0/s1. The lowest BCUT2D eigenvalue weighted by Gasteiger charge is -2.34. The molecule has 216 valence electrons. The molecule has 1 saturated carbocycles. The van der Waals surface area contributed by atoms with E-state index < -0.39 is 51.1 Å². The van der Waals surface area contributed by atoms with Crippen molar-refractivity contribution < 1.29 is 36.3 Å². The van der Waals surface area contributed by atoms with Gasteiger partial charge in [0.1, 0.15) is 11.6 Å². The number of hydrogen-bond acceptors (Lipinski definition) is 6. The van der Waals surface area contributed by atoms with Crippen LogP contribution in [0, 0.1) is 5.92 Å². The molecular formula is C27H30ClF2N3O6S. The molecule has 1 aliphatic carbocycles. The van der Waals surface area contributed by atoms with Crippen LogP contribution in [-0.2, 0) is 25.9 Å². The highest BCUT2D eigenvalue weighted by Gasteiger charge is 2.45. The lowest BCUT2D eigenvalue weighted by Crippen LogP contribution is -2.51. The molecule has 0 unspecified atom stereocenters. The molecule has 3 amide bonds. The van der Waals surface area contributed by atoms with Crippen molar-refractivity contribution in [1.29, 1.82) is 0 Å². The van der Waals surface area contributed by atoms with Crippen molar-refractivity contribution in [1.82, 2.24) is 10.6 Å². The minimum Gasteiger partial charge on any atom is -0.444 e. The Morgan fingerprint density at radius 2 is 1.77 bits per heavy atom. The summed E-state index contributed by atoms with van der Waals surface area (Å²) in [5.74, 6) is -5.13. The number of nitrogens with zero attached hydrogens (tertiary/aromatic N) is 1. The van der Waals surface area contributed by atoms with Crippen molar-refractivity contribution in [2.45, 2.75) is 62.6 Å². The Morgan fingerprint density at radius 1 is 1.12 bits per heavy atom. The highest BCUT2D eigenvalue weighted by atomic mass is 35.5. The largest absolute Gasteiger partial charge is 0.444 e. The minimum absolute atomic E-state index is 0.0408. The number of amides is 3. The van der Waals surface area contributed by atoms with Crippen molar-refractivity contribution in [3.8, 4) is 0 Å². The molecule has 1 atom stereocenters. The van der Waals surface area contributed by atoms with Gasteiger partial charge in [0, 0.05) is 30.0 Å². The summed E-state index contributed by atoms with van der Waals surface area (Å²) in [6.45, 7) is 4.84. The van der Waals surface area contributed by atoms with Crippen molar-refractivity contribution in [2.75, 3.05) is 17.2 Å². The van der Waals surface area contributed by atoms with Gasteiger partial charge in [-0.05, 0) is 62.6 Å². The van der Waals surface area contributed by atoms with Crippen molar-refractivity contribution in [3.05, 3.63) is 58.6 Å². The Bertz CT molecular complexity index is 1420. The number of carbonyl (C=O) groups is 3. The van der Waals surface area contributed by atoms with Crippen LogP contribution in [0.2, 0.25) is 5.02 Å². The van der Waals surface area contributed by atoms with E-state index in [0.29, 0.717) is 10.6 Å². The van der Waals surface area contributed by atoms with Gasteiger partial charge >= 0.3 is 6.09 Å². The molecule has 0 saturated heterocycles. The van der Waals surface area contributed by atoms with Gasteiger partial charge in [-0.1, -0.05) is 23.7 Å². The third-order valence-corrected chi connectivity index (χ3v) is 8.51. The van der Waals surface area contributed by atoms with Gasteiger partial charge in [-0.3, -0.25) is 9.59 Å². The normalized spacial score (nSPS) is 20.1. The van der Waals surface area contributed by atoms with Gasteiger partial charge in [0.25, 0.3) is 11.8 Å². The molecule has 2 aliphatic rings. The fourth-order valence-electron chi connectivity index (χ4n) is 4.58. The van der Waals surface area contributed by atoms with E-state index in [4.69, 9.17) is 16.3 Å². The Morgan fingerprint density at radius 3 is 2.38 bits per heavy atom. The van der Waals surface area contributed by atoms with Crippen LogP contribution < -0.4 is 15.5 Å². The summed E-state index contributed by atoms with van der Waals surface area (Å²) in [7, 11) is -4.13. The van der Waals surface area contributed by atoms with E-state index in [0.717, 1.165) is 0 Å². The zero-order valence-electron chi connectivity index (χ0n) is 22.2.